The van der Waals surface area contributed by atoms with Crippen molar-refractivity contribution in [3.05, 3.63) is 46.5 Å². The van der Waals surface area contributed by atoms with Crippen LogP contribution in [0.3, 0.4) is 0 Å². The fourth-order valence-electron chi connectivity index (χ4n) is 5.86. The molecule has 2 aromatic carbocycles. The molecule has 2 unspecified atom stereocenters. The summed E-state index contributed by atoms with van der Waals surface area (Å²) in [7, 11) is 6.88. The minimum absolute atomic E-state index is 0.515. The van der Waals surface area contributed by atoms with Crippen LogP contribution in [0.2, 0.25) is 0 Å². The van der Waals surface area contributed by atoms with Crippen LogP contribution in [-0.4, -0.2) is 54.6 Å². The van der Waals surface area contributed by atoms with Crippen molar-refractivity contribution < 1.29 is 28.7 Å². The van der Waals surface area contributed by atoms with Gasteiger partial charge in [0, 0.05) is 24.0 Å². The SMILES string of the molecule is COc1cc2c(cc1OC)[C@H]1C[NH+]3CCc4cc(OC)c(OC)cc4[C@@H]3C[NH+]1CC2. The van der Waals surface area contributed by atoms with E-state index in [0.717, 1.165) is 48.9 Å². The van der Waals surface area contributed by atoms with Gasteiger partial charge in [-0.2, -0.15) is 0 Å². The zero-order chi connectivity index (χ0) is 20.8. The number of ether oxygens (including phenoxy) is 4. The average molecular weight is 413 g/mol. The van der Waals surface area contributed by atoms with Gasteiger partial charge in [0.1, 0.15) is 13.1 Å². The molecule has 0 amide bonds. The number of rotatable bonds is 4. The van der Waals surface area contributed by atoms with E-state index in [2.05, 4.69) is 24.3 Å². The maximum Gasteiger partial charge on any atom is 0.163 e. The highest BCUT2D eigenvalue weighted by Gasteiger charge is 2.46. The molecule has 6 heteroatoms. The molecule has 4 atom stereocenters. The predicted octanol–water partition coefficient (Wildman–Crippen LogP) is 0.399. The van der Waals surface area contributed by atoms with Crippen LogP contribution in [-0.2, 0) is 12.8 Å². The van der Waals surface area contributed by atoms with Gasteiger partial charge in [0.05, 0.1) is 41.5 Å². The Bertz CT molecular complexity index is 883. The lowest BCUT2D eigenvalue weighted by atomic mass is 9.84. The van der Waals surface area contributed by atoms with E-state index in [9.17, 15) is 0 Å². The average Bonchev–Trinajstić information content (AvgIpc) is 2.80. The second-order valence-corrected chi connectivity index (χ2v) is 8.64. The molecule has 0 saturated carbocycles. The fourth-order valence-corrected chi connectivity index (χ4v) is 5.86. The first-order valence-corrected chi connectivity index (χ1v) is 10.9. The molecule has 0 bridgehead atoms. The maximum atomic E-state index is 5.62. The summed E-state index contributed by atoms with van der Waals surface area (Å²) in [5.41, 5.74) is 5.72. The van der Waals surface area contributed by atoms with Crippen LogP contribution in [0.5, 0.6) is 23.0 Å². The normalized spacial score (nSPS) is 26.5. The molecule has 0 aliphatic carbocycles. The zero-order valence-corrected chi connectivity index (χ0v) is 18.3. The van der Waals surface area contributed by atoms with E-state index in [1.165, 1.54) is 35.3 Å². The molecule has 0 radical (unpaired) electrons. The Labute approximate surface area is 178 Å². The number of piperazine rings is 1. The van der Waals surface area contributed by atoms with Crippen molar-refractivity contribution in [3.63, 3.8) is 0 Å². The first-order valence-electron chi connectivity index (χ1n) is 10.9. The second-order valence-electron chi connectivity index (χ2n) is 8.64. The van der Waals surface area contributed by atoms with Gasteiger partial charge < -0.3 is 28.7 Å². The molecule has 0 aromatic heterocycles. The molecule has 5 rings (SSSR count). The first-order chi connectivity index (χ1) is 14.7. The van der Waals surface area contributed by atoms with Crippen molar-refractivity contribution in [2.24, 2.45) is 0 Å². The quantitative estimate of drug-likeness (QED) is 0.763. The summed E-state index contributed by atoms with van der Waals surface area (Å²) in [5.74, 6) is 3.37. The number of nitrogens with one attached hydrogen (secondary N) is 2. The van der Waals surface area contributed by atoms with E-state index in [4.69, 9.17) is 18.9 Å². The highest BCUT2D eigenvalue weighted by atomic mass is 16.5. The van der Waals surface area contributed by atoms with E-state index < -0.39 is 0 Å². The molecule has 0 spiro atoms. The molecular weight excluding hydrogens is 380 g/mol. The molecule has 3 aliphatic heterocycles. The van der Waals surface area contributed by atoms with Crippen molar-refractivity contribution in [1.29, 1.82) is 0 Å². The standard InChI is InChI=1S/C24H30N2O4/c1-27-21-9-15-5-7-25-14-20-18-12-24(30-4)22(28-2)10-16(18)6-8-26(20)13-19(25)17(15)11-23(21)29-3/h9-12,19-20H,5-8,13-14H2,1-4H3/p+2/t19-,20+. The Morgan fingerprint density at radius 1 is 0.600 bits per heavy atom. The minimum atomic E-state index is 0.515. The number of quaternary nitrogens is 2. The van der Waals surface area contributed by atoms with E-state index in [1.807, 2.05) is 0 Å². The number of hydrogen-bond acceptors (Lipinski definition) is 4. The van der Waals surface area contributed by atoms with Gasteiger partial charge in [0.25, 0.3) is 0 Å². The monoisotopic (exact) mass is 412 g/mol. The summed E-state index contributed by atoms with van der Waals surface area (Å²) < 4.78 is 22.3. The summed E-state index contributed by atoms with van der Waals surface area (Å²) in [6.07, 6.45) is 2.17. The number of methoxy groups -OCH3 is 4. The van der Waals surface area contributed by atoms with Gasteiger partial charge in [0.2, 0.25) is 0 Å². The summed E-state index contributed by atoms with van der Waals surface area (Å²) in [6, 6.07) is 9.86. The van der Waals surface area contributed by atoms with Gasteiger partial charge in [-0.05, 0) is 35.4 Å². The topological polar surface area (TPSA) is 45.8 Å². The van der Waals surface area contributed by atoms with Crippen LogP contribution >= 0.6 is 0 Å². The third-order valence-electron chi connectivity index (χ3n) is 7.39. The molecule has 6 nitrogen and oxygen atoms in total. The molecule has 160 valence electrons. The molecule has 30 heavy (non-hydrogen) atoms. The largest absolute Gasteiger partial charge is 0.493 e. The summed E-state index contributed by atoms with van der Waals surface area (Å²) in [6.45, 7) is 4.63. The lowest BCUT2D eigenvalue weighted by molar-refractivity contribution is -1.06. The molecular formula is C24H32N2O4+2. The highest BCUT2D eigenvalue weighted by Crippen LogP contribution is 2.36. The lowest BCUT2D eigenvalue weighted by Gasteiger charge is -2.46. The summed E-state index contributed by atoms with van der Waals surface area (Å²) >= 11 is 0. The van der Waals surface area contributed by atoms with E-state index in [0.29, 0.717) is 12.1 Å². The summed E-state index contributed by atoms with van der Waals surface area (Å²) in [4.78, 5) is 3.37. The van der Waals surface area contributed by atoms with Gasteiger partial charge in [-0.3, -0.25) is 0 Å². The fraction of sp³-hybridized carbons (Fsp3) is 0.500. The molecule has 3 aliphatic rings. The van der Waals surface area contributed by atoms with Crippen LogP contribution in [0.4, 0.5) is 0 Å². The van der Waals surface area contributed by atoms with E-state index >= 15 is 0 Å². The van der Waals surface area contributed by atoms with Crippen molar-refractivity contribution in [1.82, 2.24) is 0 Å². The van der Waals surface area contributed by atoms with Crippen molar-refractivity contribution in [3.8, 4) is 23.0 Å². The molecule has 1 saturated heterocycles. The smallest absolute Gasteiger partial charge is 0.163 e. The first kappa shape index (κ1) is 19.5. The third kappa shape index (κ3) is 3.01. The van der Waals surface area contributed by atoms with Crippen LogP contribution in [0, 0.1) is 0 Å². The van der Waals surface area contributed by atoms with Gasteiger partial charge >= 0.3 is 0 Å². The number of hydrogen-bond donors (Lipinski definition) is 2. The van der Waals surface area contributed by atoms with Crippen molar-refractivity contribution in [2.75, 3.05) is 54.6 Å². The highest BCUT2D eigenvalue weighted by molar-refractivity contribution is 5.50. The van der Waals surface area contributed by atoms with Crippen molar-refractivity contribution >= 4 is 0 Å². The Morgan fingerprint density at radius 3 is 1.33 bits per heavy atom. The van der Waals surface area contributed by atoms with Gasteiger partial charge in [-0.25, -0.2) is 0 Å². The van der Waals surface area contributed by atoms with Crippen molar-refractivity contribution in [2.45, 2.75) is 24.9 Å². The minimum Gasteiger partial charge on any atom is -0.493 e. The Kier molecular flexibility index (Phi) is 4.99. The Balaban J connectivity index is 1.48. The summed E-state index contributed by atoms with van der Waals surface area (Å²) in [5, 5.41) is 0. The van der Waals surface area contributed by atoms with E-state index in [1.54, 1.807) is 38.2 Å². The van der Waals surface area contributed by atoms with Crippen LogP contribution in [0.25, 0.3) is 0 Å². The van der Waals surface area contributed by atoms with Crippen LogP contribution in [0.1, 0.15) is 34.3 Å². The van der Waals surface area contributed by atoms with Crippen LogP contribution in [0.15, 0.2) is 24.3 Å². The predicted molar refractivity (Wildman–Crippen MR) is 113 cm³/mol. The molecule has 2 N–H and O–H groups in total. The molecule has 3 heterocycles. The van der Waals surface area contributed by atoms with Gasteiger partial charge in [-0.15, -0.1) is 0 Å². The number of benzene rings is 2. The Morgan fingerprint density at radius 2 is 0.967 bits per heavy atom. The van der Waals surface area contributed by atoms with Gasteiger partial charge in [-0.1, -0.05) is 0 Å². The van der Waals surface area contributed by atoms with Crippen LogP contribution < -0.4 is 28.7 Å². The van der Waals surface area contributed by atoms with E-state index in [-0.39, 0.29) is 0 Å². The second kappa shape index (κ2) is 7.67. The maximum absolute atomic E-state index is 5.62. The molecule has 1 fully saturated rings. The zero-order valence-electron chi connectivity index (χ0n) is 18.3. The number of fused-ring (bicyclic) bond motifs is 6. The van der Waals surface area contributed by atoms with Gasteiger partial charge in [0.15, 0.2) is 35.1 Å². The molecule has 2 aromatic rings. The Hall–Kier alpha value is -2.44. The lowest BCUT2D eigenvalue weighted by Crippen LogP contribution is -3.29. The third-order valence-corrected chi connectivity index (χ3v) is 7.39.